The van der Waals surface area contributed by atoms with Crippen molar-refractivity contribution in [3.63, 3.8) is 0 Å². The van der Waals surface area contributed by atoms with Gasteiger partial charge in [0, 0.05) is 11.3 Å². The first-order valence-corrected chi connectivity index (χ1v) is 6.75. The largest absolute Gasteiger partial charge is 0.382 e. The molecular weight excluding hydrogens is 222 g/mol. The van der Waals surface area contributed by atoms with Gasteiger partial charge in [-0.15, -0.1) is 0 Å². The van der Waals surface area contributed by atoms with E-state index >= 15 is 0 Å². The Balaban J connectivity index is 2.11. The summed E-state index contributed by atoms with van der Waals surface area (Å²) in [6.07, 6.45) is 5.70. The van der Waals surface area contributed by atoms with Gasteiger partial charge in [-0.25, -0.2) is 4.68 Å². The third-order valence-corrected chi connectivity index (χ3v) is 3.77. The van der Waals surface area contributed by atoms with Crippen LogP contribution in [0.3, 0.4) is 0 Å². The summed E-state index contributed by atoms with van der Waals surface area (Å²) in [5, 5.41) is 4.53. The summed E-state index contributed by atoms with van der Waals surface area (Å²) >= 11 is 0. The normalized spacial score (nSPS) is 14.5. The average Bonchev–Trinajstić information content (AvgIpc) is 2.77. The first-order valence-electron chi connectivity index (χ1n) is 6.75. The molecule has 3 rings (SSSR count). The van der Waals surface area contributed by atoms with E-state index in [0.717, 1.165) is 24.9 Å². The molecule has 0 atom stereocenters. The summed E-state index contributed by atoms with van der Waals surface area (Å²) in [4.78, 5) is 0. The molecule has 0 amide bonds. The molecule has 0 fully saturated rings. The zero-order chi connectivity index (χ0) is 12.5. The van der Waals surface area contributed by atoms with E-state index < -0.39 is 0 Å². The van der Waals surface area contributed by atoms with Crippen molar-refractivity contribution in [3.05, 3.63) is 41.1 Å². The van der Waals surface area contributed by atoms with Crippen molar-refractivity contribution in [2.75, 3.05) is 5.73 Å². The summed E-state index contributed by atoms with van der Waals surface area (Å²) < 4.78 is 2.04. The third kappa shape index (κ3) is 1.80. The summed E-state index contributed by atoms with van der Waals surface area (Å²) in [7, 11) is 0. The molecule has 0 aliphatic heterocycles. The second kappa shape index (κ2) is 4.48. The van der Waals surface area contributed by atoms with Crippen molar-refractivity contribution in [1.82, 2.24) is 9.78 Å². The van der Waals surface area contributed by atoms with E-state index in [1.807, 2.05) is 4.68 Å². The Morgan fingerprint density at radius 1 is 1.28 bits per heavy atom. The van der Waals surface area contributed by atoms with Gasteiger partial charge in [0.05, 0.1) is 5.69 Å². The van der Waals surface area contributed by atoms with E-state index in [1.54, 1.807) is 0 Å². The molecule has 2 aromatic rings. The molecule has 0 spiro atoms. The number of anilines is 1. The highest BCUT2D eigenvalue weighted by Gasteiger charge is 2.19. The van der Waals surface area contributed by atoms with Gasteiger partial charge in [0.2, 0.25) is 0 Å². The maximum atomic E-state index is 6.04. The first kappa shape index (κ1) is 11.3. The minimum Gasteiger partial charge on any atom is -0.382 e. The average molecular weight is 241 g/mol. The van der Waals surface area contributed by atoms with Gasteiger partial charge in [-0.1, -0.05) is 19.1 Å². The predicted octanol–water partition coefficient (Wildman–Crippen LogP) is 2.90. The molecule has 1 aromatic carbocycles. The van der Waals surface area contributed by atoms with Crippen molar-refractivity contribution in [3.8, 4) is 5.69 Å². The van der Waals surface area contributed by atoms with Crippen LogP contribution >= 0.6 is 0 Å². The molecule has 18 heavy (non-hydrogen) atoms. The fourth-order valence-electron chi connectivity index (χ4n) is 2.75. The minimum atomic E-state index is 0.714. The fourth-order valence-corrected chi connectivity index (χ4v) is 2.75. The van der Waals surface area contributed by atoms with Crippen LogP contribution in [0.1, 0.15) is 36.6 Å². The summed E-state index contributed by atoms with van der Waals surface area (Å²) in [5.41, 5.74) is 11.1. The SMILES string of the molecule is CCc1cccc(-n2nc(N)c3c2CCCC3)c1. The number of nitrogens with zero attached hydrogens (tertiary/aromatic N) is 2. The van der Waals surface area contributed by atoms with E-state index in [9.17, 15) is 0 Å². The number of nitrogens with two attached hydrogens (primary N) is 1. The van der Waals surface area contributed by atoms with Crippen molar-refractivity contribution in [2.45, 2.75) is 39.0 Å². The molecule has 0 radical (unpaired) electrons. The Labute approximate surface area is 108 Å². The molecule has 3 nitrogen and oxygen atoms in total. The Morgan fingerprint density at radius 2 is 2.11 bits per heavy atom. The van der Waals surface area contributed by atoms with Crippen LogP contribution in [0.5, 0.6) is 0 Å². The zero-order valence-corrected chi connectivity index (χ0v) is 10.8. The molecule has 0 saturated heterocycles. The van der Waals surface area contributed by atoms with Crippen LogP contribution in [0.25, 0.3) is 5.69 Å². The van der Waals surface area contributed by atoms with E-state index in [2.05, 4.69) is 36.3 Å². The van der Waals surface area contributed by atoms with Crippen molar-refractivity contribution in [2.24, 2.45) is 0 Å². The van der Waals surface area contributed by atoms with Crippen LogP contribution < -0.4 is 5.73 Å². The van der Waals surface area contributed by atoms with Gasteiger partial charge in [-0.3, -0.25) is 0 Å². The third-order valence-electron chi connectivity index (χ3n) is 3.77. The van der Waals surface area contributed by atoms with Crippen LogP contribution in [-0.2, 0) is 19.3 Å². The van der Waals surface area contributed by atoms with Crippen molar-refractivity contribution in [1.29, 1.82) is 0 Å². The molecule has 0 bridgehead atoms. The summed E-state index contributed by atoms with van der Waals surface area (Å²) in [6, 6.07) is 8.58. The Hall–Kier alpha value is -1.77. The highest BCUT2D eigenvalue weighted by Crippen LogP contribution is 2.28. The van der Waals surface area contributed by atoms with Crippen molar-refractivity contribution >= 4 is 5.82 Å². The van der Waals surface area contributed by atoms with Gasteiger partial charge in [0.25, 0.3) is 0 Å². The quantitative estimate of drug-likeness (QED) is 0.878. The maximum Gasteiger partial charge on any atom is 0.149 e. The Bertz CT molecular complexity index is 569. The number of aromatic nitrogens is 2. The number of rotatable bonds is 2. The molecular formula is C15H19N3. The highest BCUT2D eigenvalue weighted by atomic mass is 15.3. The number of hydrogen-bond donors (Lipinski definition) is 1. The van der Waals surface area contributed by atoms with Crippen LogP contribution in [0, 0.1) is 0 Å². The van der Waals surface area contributed by atoms with E-state index in [0.29, 0.717) is 5.82 Å². The monoisotopic (exact) mass is 241 g/mol. The van der Waals surface area contributed by atoms with Crippen LogP contribution in [0.15, 0.2) is 24.3 Å². The molecule has 1 aliphatic carbocycles. The number of aryl methyl sites for hydroxylation is 1. The number of fused-ring (bicyclic) bond motifs is 1. The van der Waals surface area contributed by atoms with Crippen molar-refractivity contribution < 1.29 is 0 Å². The smallest absolute Gasteiger partial charge is 0.149 e. The topological polar surface area (TPSA) is 43.8 Å². The molecule has 3 heteroatoms. The Morgan fingerprint density at radius 3 is 2.94 bits per heavy atom. The van der Waals surface area contributed by atoms with Crippen LogP contribution in [0.2, 0.25) is 0 Å². The van der Waals surface area contributed by atoms with Gasteiger partial charge < -0.3 is 5.73 Å². The first-order chi connectivity index (χ1) is 8.79. The minimum absolute atomic E-state index is 0.714. The molecule has 94 valence electrons. The summed E-state index contributed by atoms with van der Waals surface area (Å²) in [5.74, 6) is 0.714. The standard InChI is InChI=1S/C15H19N3/c1-2-11-6-5-7-12(10-11)18-14-9-4-3-8-13(14)15(16)17-18/h5-7,10H,2-4,8-9H2,1H3,(H2,16,17). The summed E-state index contributed by atoms with van der Waals surface area (Å²) in [6.45, 7) is 2.17. The van der Waals surface area contributed by atoms with E-state index in [4.69, 9.17) is 5.73 Å². The lowest BCUT2D eigenvalue weighted by Crippen LogP contribution is -2.08. The second-order valence-electron chi connectivity index (χ2n) is 4.95. The lowest BCUT2D eigenvalue weighted by atomic mass is 9.97. The van der Waals surface area contributed by atoms with E-state index in [-0.39, 0.29) is 0 Å². The zero-order valence-electron chi connectivity index (χ0n) is 10.8. The van der Waals surface area contributed by atoms with Gasteiger partial charge in [0.15, 0.2) is 0 Å². The lowest BCUT2D eigenvalue weighted by molar-refractivity contribution is 0.653. The Kier molecular flexibility index (Phi) is 2.82. The number of benzene rings is 1. The lowest BCUT2D eigenvalue weighted by Gasteiger charge is -2.14. The molecule has 2 N–H and O–H groups in total. The van der Waals surface area contributed by atoms with Crippen LogP contribution in [0.4, 0.5) is 5.82 Å². The molecule has 0 saturated carbocycles. The molecule has 1 aliphatic rings. The molecule has 1 aromatic heterocycles. The van der Waals surface area contributed by atoms with Gasteiger partial charge in [-0.2, -0.15) is 5.10 Å². The van der Waals surface area contributed by atoms with Crippen LogP contribution in [-0.4, -0.2) is 9.78 Å². The fraction of sp³-hybridized carbons (Fsp3) is 0.400. The molecule has 0 unspecified atom stereocenters. The predicted molar refractivity (Wildman–Crippen MR) is 74.0 cm³/mol. The van der Waals surface area contributed by atoms with Gasteiger partial charge in [-0.05, 0) is 49.8 Å². The number of hydrogen-bond acceptors (Lipinski definition) is 2. The van der Waals surface area contributed by atoms with E-state index in [1.165, 1.54) is 29.7 Å². The maximum absolute atomic E-state index is 6.04. The van der Waals surface area contributed by atoms with Gasteiger partial charge >= 0.3 is 0 Å². The molecule has 1 heterocycles. The highest BCUT2D eigenvalue weighted by molar-refractivity contribution is 5.48. The number of nitrogen functional groups attached to an aromatic ring is 1. The second-order valence-corrected chi connectivity index (χ2v) is 4.95. The van der Waals surface area contributed by atoms with Gasteiger partial charge in [0.1, 0.15) is 5.82 Å².